The molecule has 0 fully saturated rings. The van der Waals surface area contributed by atoms with Gasteiger partial charge in [-0.3, -0.25) is 4.79 Å². The zero-order chi connectivity index (χ0) is 14.6. The van der Waals surface area contributed by atoms with Gasteiger partial charge in [-0.2, -0.15) is 0 Å². The minimum atomic E-state index is -0.538. The zero-order valence-electron chi connectivity index (χ0n) is 12.1. The first kappa shape index (κ1) is 15.6. The molecule has 106 valence electrons. The lowest BCUT2D eigenvalue weighted by atomic mass is 9.86. The van der Waals surface area contributed by atoms with Crippen LogP contribution in [-0.2, 0) is 11.3 Å². The van der Waals surface area contributed by atoms with Crippen molar-refractivity contribution in [1.82, 2.24) is 5.32 Å². The second-order valence-corrected chi connectivity index (χ2v) is 5.34. The van der Waals surface area contributed by atoms with Gasteiger partial charge < -0.3 is 11.1 Å². The van der Waals surface area contributed by atoms with E-state index in [0.717, 1.165) is 5.56 Å². The quantitative estimate of drug-likeness (QED) is 0.860. The Morgan fingerprint density at radius 2 is 1.89 bits per heavy atom. The number of rotatable bonds is 5. The molecule has 1 amide bonds. The number of hydrogen-bond acceptors (Lipinski definition) is 2. The van der Waals surface area contributed by atoms with E-state index in [-0.39, 0.29) is 11.7 Å². The standard InChI is InChI=1S/C15H23FN2O/c1-5-15(4,9-17)14(19)18-8-12-6-10(2)13(16)11(3)7-12/h6-7H,5,8-9,17H2,1-4H3,(H,18,19). The minimum Gasteiger partial charge on any atom is -0.352 e. The Hall–Kier alpha value is -1.42. The lowest BCUT2D eigenvalue weighted by Crippen LogP contribution is -2.43. The molecule has 0 saturated heterocycles. The Bertz CT molecular complexity index is 444. The predicted molar refractivity (Wildman–Crippen MR) is 75.2 cm³/mol. The molecule has 0 radical (unpaired) electrons. The highest BCUT2D eigenvalue weighted by Gasteiger charge is 2.29. The number of nitrogens with two attached hydrogens (primary N) is 1. The summed E-state index contributed by atoms with van der Waals surface area (Å²) in [4.78, 5) is 12.1. The zero-order valence-corrected chi connectivity index (χ0v) is 12.1. The Balaban J connectivity index is 2.75. The number of carbonyl (C=O) groups excluding carboxylic acids is 1. The molecule has 0 aliphatic carbocycles. The molecule has 0 aromatic heterocycles. The van der Waals surface area contributed by atoms with Crippen molar-refractivity contribution in [2.24, 2.45) is 11.1 Å². The molecule has 4 heteroatoms. The van der Waals surface area contributed by atoms with Gasteiger partial charge in [0.1, 0.15) is 5.82 Å². The molecule has 0 heterocycles. The Labute approximate surface area is 114 Å². The molecule has 0 spiro atoms. The number of benzene rings is 1. The fourth-order valence-electron chi connectivity index (χ4n) is 1.93. The number of hydrogen-bond donors (Lipinski definition) is 2. The van der Waals surface area contributed by atoms with Crippen LogP contribution in [0.2, 0.25) is 0 Å². The molecule has 0 aliphatic heterocycles. The number of amides is 1. The smallest absolute Gasteiger partial charge is 0.227 e. The fraction of sp³-hybridized carbons (Fsp3) is 0.533. The van der Waals surface area contributed by atoms with Gasteiger partial charge in [0.25, 0.3) is 0 Å². The maximum atomic E-state index is 13.5. The number of aryl methyl sites for hydroxylation is 2. The van der Waals surface area contributed by atoms with Crippen molar-refractivity contribution in [3.05, 3.63) is 34.6 Å². The molecule has 19 heavy (non-hydrogen) atoms. The van der Waals surface area contributed by atoms with E-state index >= 15 is 0 Å². The monoisotopic (exact) mass is 266 g/mol. The van der Waals surface area contributed by atoms with Crippen LogP contribution in [-0.4, -0.2) is 12.5 Å². The van der Waals surface area contributed by atoms with E-state index in [0.29, 0.717) is 30.6 Å². The Morgan fingerprint density at radius 3 is 2.32 bits per heavy atom. The highest BCUT2D eigenvalue weighted by Crippen LogP contribution is 2.20. The molecule has 0 bridgehead atoms. The Kier molecular flexibility index (Phi) is 5.06. The minimum absolute atomic E-state index is 0.0582. The van der Waals surface area contributed by atoms with Crippen molar-refractivity contribution in [2.45, 2.75) is 40.7 Å². The molecule has 1 unspecified atom stereocenters. The molecule has 0 aliphatic rings. The van der Waals surface area contributed by atoms with Crippen LogP contribution < -0.4 is 11.1 Å². The van der Waals surface area contributed by atoms with Gasteiger partial charge in [0.05, 0.1) is 5.41 Å². The molecular weight excluding hydrogens is 243 g/mol. The largest absolute Gasteiger partial charge is 0.352 e. The van der Waals surface area contributed by atoms with Crippen LogP contribution >= 0.6 is 0 Å². The summed E-state index contributed by atoms with van der Waals surface area (Å²) in [5.74, 6) is -0.243. The van der Waals surface area contributed by atoms with Gasteiger partial charge in [-0.25, -0.2) is 4.39 Å². The summed E-state index contributed by atoms with van der Waals surface area (Å²) in [7, 11) is 0. The second-order valence-electron chi connectivity index (χ2n) is 5.34. The van der Waals surface area contributed by atoms with Crippen LogP contribution in [0.25, 0.3) is 0 Å². The summed E-state index contributed by atoms with van der Waals surface area (Å²) >= 11 is 0. The van der Waals surface area contributed by atoms with Crippen LogP contribution in [0.15, 0.2) is 12.1 Å². The SMILES string of the molecule is CCC(C)(CN)C(=O)NCc1cc(C)c(F)c(C)c1. The van der Waals surface area contributed by atoms with Gasteiger partial charge in [0.2, 0.25) is 5.91 Å². The summed E-state index contributed by atoms with van der Waals surface area (Å²) in [6, 6.07) is 3.52. The van der Waals surface area contributed by atoms with Crippen LogP contribution in [0.3, 0.4) is 0 Å². The summed E-state index contributed by atoms with van der Waals surface area (Å²) < 4.78 is 13.5. The average Bonchev–Trinajstić information content (AvgIpc) is 2.40. The second kappa shape index (κ2) is 6.15. The number of halogens is 1. The van der Waals surface area contributed by atoms with Crippen molar-refractivity contribution in [3.8, 4) is 0 Å². The number of nitrogens with one attached hydrogen (secondary N) is 1. The van der Waals surface area contributed by atoms with Crippen LogP contribution in [0.5, 0.6) is 0 Å². The molecule has 1 aromatic rings. The van der Waals surface area contributed by atoms with E-state index in [1.165, 1.54) is 0 Å². The van der Waals surface area contributed by atoms with Crippen LogP contribution in [0, 0.1) is 25.1 Å². The molecule has 1 rings (SSSR count). The number of carbonyl (C=O) groups is 1. The van der Waals surface area contributed by atoms with Gasteiger partial charge in [-0.15, -0.1) is 0 Å². The maximum absolute atomic E-state index is 13.5. The lowest BCUT2D eigenvalue weighted by Gasteiger charge is -2.25. The van der Waals surface area contributed by atoms with Crippen molar-refractivity contribution >= 4 is 5.91 Å². The third kappa shape index (κ3) is 3.53. The van der Waals surface area contributed by atoms with E-state index in [2.05, 4.69) is 5.32 Å². The molecule has 3 nitrogen and oxygen atoms in total. The lowest BCUT2D eigenvalue weighted by molar-refractivity contribution is -0.130. The maximum Gasteiger partial charge on any atom is 0.227 e. The van der Waals surface area contributed by atoms with Crippen molar-refractivity contribution in [2.75, 3.05) is 6.54 Å². The van der Waals surface area contributed by atoms with Crippen LogP contribution in [0.4, 0.5) is 4.39 Å². The Morgan fingerprint density at radius 1 is 1.37 bits per heavy atom. The normalized spacial score (nSPS) is 14.0. The van der Waals surface area contributed by atoms with Crippen LogP contribution in [0.1, 0.15) is 37.0 Å². The predicted octanol–water partition coefficient (Wildman–Crippen LogP) is 2.43. The fourth-order valence-corrected chi connectivity index (χ4v) is 1.93. The van der Waals surface area contributed by atoms with Gasteiger partial charge in [0, 0.05) is 13.1 Å². The first-order valence-electron chi connectivity index (χ1n) is 6.58. The molecule has 0 saturated carbocycles. The summed E-state index contributed by atoms with van der Waals surface area (Å²) in [6.07, 6.45) is 0.691. The van der Waals surface area contributed by atoms with E-state index in [9.17, 15) is 9.18 Å². The van der Waals surface area contributed by atoms with Gasteiger partial charge in [-0.05, 0) is 43.9 Å². The third-order valence-corrected chi connectivity index (χ3v) is 3.73. The first-order chi connectivity index (χ1) is 8.84. The molecule has 1 atom stereocenters. The molecular formula is C15H23FN2O. The summed E-state index contributed by atoms with van der Waals surface area (Å²) in [6.45, 7) is 7.96. The topological polar surface area (TPSA) is 55.1 Å². The highest BCUT2D eigenvalue weighted by atomic mass is 19.1. The first-order valence-corrected chi connectivity index (χ1v) is 6.58. The van der Waals surface area contributed by atoms with Gasteiger partial charge >= 0.3 is 0 Å². The summed E-state index contributed by atoms with van der Waals surface area (Å²) in [5, 5.41) is 2.87. The summed E-state index contributed by atoms with van der Waals surface area (Å²) in [5.41, 5.74) is 7.21. The van der Waals surface area contributed by atoms with E-state index < -0.39 is 5.41 Å². The third-order valence-electron chi connectivity index (χ3n) is 3.73. The van der Waals surface area contributed by atoms with Crippen molar-refractivity contribution in [1.29, 1.82) is 0 Å². The van der Waals surface area contributed by atoms with E-state index in [1.807, 2.05) is 13.8 Å². The van der Waals surface area contributed by atoms with E-state index in [4.69, 9.17) is 5.73 Å². The highest BCUT2D eigenvalue weighted by molar-refractivity contribution is 5.82. The van der Waals surface area contributed by atoms with Gasteiger partial charge in [-0.1, -0.05) is 19.1 Å². The van der Waals surface area contributed by atoms with Gasteiger partial charge in [0.15, 0.2) is 0 Å². The molecule has 3 N–H and O–H groups in total. The van der Waals surface area contributed by atoms with E-state index in [1.54, 1.807) is 26.0 Å². The average molecular weight is 266 g/mol. The molecule has 1 aromatic carbocycles. The van der Waals surface area contributed by atoms with Crippen molar-refractivity contribution in [3.63, 3.8) is 0 Å². The van der Waals surface area contributed by atoms with Crippen molar-refractivity contribution < 1.29 is 9.18 Å².